The zero-order valence-electron chi connectivity index (χ0n) is 18.3. The van der Waals surface area contributed by atoms with Crippen molar-refractivity contribution in [2.75, 3.05) is 18.0 Å². The molecule has 1 aliphatic heterocycles. The molecule has 0 bridgehead atoms. The zero-order valence-corrected chi connectivity index (χ0v) is 18.3. The highest BCUT2D eigenvalue weighted by Crippen LogP contribution is 2.31. The lowest BCUT2D eigenvalue weighted by atomic mass is 10.1. The topological polar surface area (TPSA) is 139 Å². The van der Waals surface area contributed by atoms with Crippen LogP contribution in [-0.2, 0) is 4.79 Å². The molecule has 2 aromatic heterocycles. The number of rotatable bonds is 5. The number of nitrogens with two attached hydrogens (primary N) is 1. The Kier molecular flexibility index (Phi) is 6.35. The fourth-order valence-electron chi connectivity index (χ4n) is 3.86. The summed E-state index contributed by atoms with van der Waals surface area (Å²) in [5.74, 6) is -4.05. The number of halogens is 3. The number of carbonyl (C=O) groups excluding carboxylic acids is 1. The van der Waals surface area contributed by atoms with Gasteiger partial charge in [-0.05, 0) is 31.5 Å². The van der Waals surface area contributed by atoms with Crippen LogP contribution in [0.4, 0.5) is 23.8 Å². The van der Waals surface area contributed by atoms with Crippen molar-refractivity contribution in [3.8, 4) is 16.9 Å². The third-order valence-electron chi connectivity index (χ3n) is 5.51. The average Bonchev–Trinajstić information content (AvgIpc) is 3.23. The maximum atomic E-state index is 15.1. The molecule has 0 aliphatic carbocycles. The minimum atomic E-state index is -1.81. The van der Waals surface area contributed by atoms with Crippen LogP contribution in [0.5, 0.6) is 5.75 Å². The molecule has 1 aliphatic rings. The number of aromatic nitrogens is 2. The molecule has 0 spiro atoms. The first-order valence-electron chi connectivity index (χ1n) is 10.5. The second kappa shape index (κ2) is 9.25. The summed E-state index contributed by atoms with van der Waals surface area (Å²) in [5.41, 5.74) is 3.97. The van der Waals surface area contributed by atoms with Crippen molar-refractivity contribution < 1.29 is 32.6 Å². The van der Waals surface area contributed by atoms with Gasteiger partial charge in [-0.15, -0.1) is 0 Å². The Morgan fingerprint density at radius 1 is 1.23 bits per heavy atom. The van der Waals surface area contributed by atoms with Gasteiger partial charge in [0, 0.05) is 36.3 Å². The number of pyridine rings is 1. The Bertz CT molecular complexity index is 1390. The fraction of sp³-hybridized carbons (Fsp3) is 0.273. The Labute approximate surface area is 195 Å². The van der Waals surface area contributed by atoms with Gasteiger partial charge < -0.3 is 25.8 Å². The molecule has 13 heteroatoms. The highest BCUT2D eigenvalue weighted by Gasteiger charge is 2.29. The monoisotopic (exact) mass is 491 g/mol. The summed E-state index contributed by atoms with van der Waals surface area (Å²) >= 11 is 0. The van der Waals surface area contributed by atoms with E-state index in [4.69, 9.17) is 10.8 Å². The van der Waals surface area contributed by atoms with Crippen LogP contribution in [0.2, 0.25) is 0 Å². The second-order valence-corrected chi connectivity index (χ2v) is 8.05. The van der Waals surface area contributed by atoms with E-state index < -0.39 is 41.0 Å². The highest BCUT2D eigenvalue weighted by molar-refractivity contribution is 5.82. The Morgan fingerprint density at radius 3 is 2.63 bits per heavy atom. The van der Waals surface area contributed by atoms with E-state index in [1.165, 1.54) is 6.92 Å². The Balaban J connectivity index is 1.84. The van der Waals surface area contributed by atoms with Crippen molar-refractivity contribution >= 4 is 23.5 Å². The predicted molar refractivity (Wildman–Crippen MR) is 118 cm³/mol. The molecule has 184 valence electrons. The van der Waals surface area contributed by atoms with Gasteiger partial charge in [0.1, 0.15) is 17.3 Å². The molecule has 2 atom stereocenters. The number of amides is 1. The van der Waals surface area contributed by atoms with Crippen LogP contribution in [0.25, 0.3) is 16.8 Å². The first-order valence-corrected chi connectivity index (χ1v) is 10.5. The zero-order chi connectivity index (χ0) is 25.4. The number of benzene rings is 1. The van der Waals surface area contributed by atoms with Crippen LogP contribution in [0.15, 0.2) is 35.3 Å². The minimum Gasteiger partial charge on any atom is -0.449 e. The summed E-state index contributed by atoms with van der Waals surface area (Å²) in [7, 11) is 0. The molecule has 3 heterocycles. The van der Waals surface area contributed by atoms with Crippen LogP contribution >= 0.6 is 0 Å². The SMILES string of the molecule is C[C@H](N)C(=O)NC1CCN(c2nc3c(-c4ccc(F)cc4F)cc(OC(=O)O)c(=O)n3cc2F)C1. The molecule has 4 rings (SSSR count). The van der Waals surface area contributed by atoms with Crippen molar-refractivity contribution in [2.24, 2.45) is 5.73 Å². The van der Waals surface area contributed by atoms with Gasteiger partial charge in [0.2, 0.25) is 11.7 Å². The number of fused-ring (bicyclic) bond motifs is 1. The van der Waals surface area contributed by atoms with E-state index in [-0.39, 0.29) is 41.1 Å². The quantitative estimate of drug-likeness (QED) is 0.460. The third-order valence-corrected chi connectivity index (χ3v) is 5.51. The molecule has 4 N–H and O–H groups in total. The van der Waals surface area contributed by atoms with E-state index in [1.807, 2.05) is 0 Å². The van der Waals surface area contributed by atoms with E-state index in [1.54, 1.807) is 4.90 Å². The summed E-state index contributed by atoms with van der Waals surface area (Å²) in [6, 6.07) is 2.55. The first-order chi connectivity index (χ1) is 16.5. The van der Waals surface area contributed by atoms with Gasteiger partial charge in [-0.3, -0.25) is 14.0 Å². The normalized spacial score (nSPS) is 16.4. The molecule has 1 unspecified atom stereocenters. The number of ether oxygens (including phenoxy) is 1. The van der Waals surface area contributed by atoms with Crippen molar-refractivity contribution in [2.45, 2.75) is 25.4 Å². The average molecular weight is 491 g/mol. The Hall–Kier alpha value is -4.13. The van der Waals surface area contributed by atoms with Crippen molar-refractivity contribution in [3.63, 3.8) is 0 Å². The van der Waals surface area contributed by atoms with Gasteiger partial charge in [-0.1, -0.05) is 0 Å². The highest BCUT2D eigenvalue weighted by atomic mass is 19.1. The molecule has 1 aromatic carbocycles. The van der Waals surface area contributed by atoms with Crippen molar-refractivity contribution in [1.82, 2.24) is 14.7 Å². The fourth-order valence-corrected chi connectivity index (χ4v) is 3.86. The number of anilines is 1. The van der Waals surface area contributed by atoms with E-state index >= 15 is 4.39 Å². The summed E-state index contributed by atoms with van der Waals surface area (Å²) in [5, 5.41) is 11.7. The maximum Gasteiger partial charge on any atom is 0.511 e. The van der Waals surface area contributed by atoms with Crippen LogP contribution in [0.1, 0.15) is 13.3 Å². The molecule has 3 aromatic rings. The van der Waals surface area contributed by atoms with Crippen molar-refractivity contribution in [3.05, 3.63) is 58.3 Å². The van der Waals surface area contributed by atoms with Gasteiger partial charge in [0.05, 0.1) is 12.2 Å². The summed E-state index contributed by atoms with van der Waals surface area (Å²) in [6.45, 7) is 2.04. The van der Waals surface area contributed by atoms with Crippen LogP contribution in [0.3, 0.4) is 0 Å². The number of carbonyl (C=O) groups is 2. The van der Waals surface area contributed by atoms with E-state index in [0.717, 1.165) is 24.4 Å². The first kappa shape index (κ1) is 24.0. The molecule has 35 heavy (non-hydrogen) atoms. The third kappa shape index (κ3) is 4.75. The lowest BCUT2D eigenvalue weighted by Crippen LogP contribution is -2.45. The second-order valence-electron chi connectivity index (χ2n) is 8.05. The number of hydrogen-bond acceptors (Lipinski definition) is 7. The number of nitrogens with one attached hydrogen (secondary N) is 1. The summed E-state index contributed by atoms with van der Waals surface area (Å²) in [6.07, 6.45) is -0.551. The standard InChI is InChI=1S/C22H20F3N5O5/c1-10(26)20(31)27-12-4-5-29(8-12)19-16(25)9-30-18(28-19)14(7-17(21(30)32)35-22(33)34)13-3-2-11(23)6-15(13)24/h2-3,6-7,9-10,12H,4-5,8,26H2,1H3,(H,27,31)(H,33,34)/t10-,12?/m0/s1. The smallest absolute Gasteiger partial charge is 0.449 e. The molecule has 10 nitrogen and oxygen atoms in total. The van der Waals surface area contributed by atoms with Crippen LogP contribution in [0, 0.1) is 17.5 Å². The number of carboxylic acid groups (broad SMARTS) is 1. The van der Waals surface area contributed by atoms with Gasteiger partial charge in [0.15, 0.2) is 11.6 Å². The lowest BCUT2D eigenvalue weighted by molar-refractivity contribution is -0.122. The minimum absolute atomic E-state index is 0.124. The van der Waals surface area contributed by atoms with E-state index in [2.05, 4.69) is 15.0 Å². The molecule has 0 radical (unpaired) electrons. The molecular formula is C22H20F3N5O5. The molecule has 1 fully saturated rings. The van der Waals surface area contributed by atoms with E-state index in [9.17, 15) is 23.2 Å². The molecule has 0 saturated carbocycles. The van der Waals surface area contributed by atoms with Crippen molar-refractivity contribution in [1.29, 1.82) is 0 Å². The van der Waals surface area contributed by atoms with Crippen LogP contribution < -0.4 is 26.2 Å². The van der Waals surface area contributed by atoms with Gasteiger partial charge >= 0.3 is 6.16 Å². The maximum absolute atomic E-state index is 15.1. The molecular weight excluding hydrogens is 471 g/mol. The number of hydrogen-bond donors (Lipinski definition) is 3. The van der Waals surface area contributed by atoms with E-state index in [0.29, 0.717) is 23.4 Å². The van der Waals surface area contributed by atoms with Gasteiger partial charge in [-0.2, -0.15) is 0 Å². The number of nitrogens with zero attached hydrogens (tertiary/aromatic N) is 3. The van der Waals surface area contributed by atoms with Crippen LogP contribution in [-0.4, -0.2) is 51.7 Å². The molecule has 1 amide bonds. The predicted octanol–water partition coefficient (Wildman–Crippen LogP) is 1.88. The molecule has 1 saturated heterocycles. The summed E-state index contributed by atoms with van der Waals surface area (Å²) < 4.78 is 48.4. The van der Waals surface area contributed by atoms with Gasteiger partial charge in [-0.25, -0.2) is 22.9 Å². The Morgan fingerprint density at radius 2 is 1.97 bits per heavy atom. The summed E-state index contributed by atoms with van der Waals surface area (Å²) in [4.78, 5) is 41.5. The largest absolute Gasteiger partial charge is 0.511 e. The lowest BCUT2D eigenvalue weighted by Gasteiger charge is -2.20. The van der Waals surface area contributed by atoms with Gasteiger partial charge in [0.25, 0.3) is 5.56 Å².